The van der Waals surface area contributed by atoms with E-state index in [4.69, 9.17) is 12.2 Å². The molecule has 0 amide bonds. The van der Waals surface area contributed by atoms with Crippen LogP contribution in [0.1, 0.15) is 51.3 Å². The third kappa shape index (κ3) is 2.97. The highest BCUT2D eigenvalue weighted by Gasteiger charge is 2.30. The van der Waals surface area contributed by atoms with Crippen LogP contribution in [0.4, 0.5) is 0 Å². The zero-order valence-electron chi connectivity index (χ0n) is 13.7. The molecular formula is C17H25N3OS. The van der Waals surface area contributed by atoms with Gasteiger partial charge in [-0.3, -0.25) is 14.7 Å². The lowest BCUT2D eigenvalue weighted by Gasteiger charge is -2.38. The first kappa shape index (κ1) is 15.7. The fourth-order valence-corrected chi connectivity index (χ4v) is 4.11. The minimum absolute atomic E-state index is 0.0305. The van der Waals surface area contributed by atoms with Crippen molar-refractivity contribution in [2.45, 2.75) is 53.0 Å². The van der Waals surface area contributed by atoms with Crippen LogP contribution in [-0.2, 0) is 13.0 Å². The van der Waals surface area contributed by atoms with E-state index in [1.165, 1.54) is 19.3 Å². The number of hydrogen-bond donors (Lipinski definition) is 2. The number of nitrogens with one attached hydrogen (secondary N) is 2. The van der Waals surface area contributed by atoms with Crippen LogP contribution in [0.2, 0.25) is 0 Å². The van der Waals surface area contributed by atoms with Crippen molar-refractivity contribution in [2.24, 2.45) is 5.41 Å². The van der Waals surface area contributed by atoms with Crippen molar-refractivity contribution in [3.05, 3.63) is 37.5 Å². The number of hydrogen-bond acceptors (Lipinski definition) is 3. The number of aromatic nitrogens is 2. The average molecular weight is 319 g/mol. The van der Waals surface area contributed by atoms with Gasteiger partial charge in [0.25, 0.3) is 5.56 Å². The maximum atomic E-state index is 12.1. The lowest BCUT2D eigenvalue weighted by Crippen LogP contribution is -2.39. The fraction of sp³-hybridized carbons (Fsp3) is 0.647. The highest BCUT2D eigenvalue weighted by molar-refractivity contribution is 7.71. The molecule has 1 aliphatic heterocycles. The van der Waals surface area contributed by atoms with Crippen LogP contribution in [0.3, 0.4) is 0 Å². The summed E-state index contributed by atoms with van der Waals surface area (Å²) in [5.41, 5.74) is 5.24. The first-order chi connectivity index (χ1) is 10.4. The Kier molecular flexibility index (Phi) is 4.12. The lowest BCUT2D eigenvalue weighted by atomic mass is 9.72. The monoisotopic (exact) mass is 319 g/mol. The van der Waals surface area contributed by atoms with Gasteiger partial charge in [0.1, 0.15) is 0 Å². The van der Waals surface area contributed by atoms with Gasteiger partial charge in [-0.1, -0.05) is 25.0 Å². The standard InChI is InChI=1S/C17H25N3OS/c1-11-5-4-7-17(2,3)13(11)10-20-8-6-14-12(9-20)15(21)19-16(22)18-14/h4-10H2,1-3H3,(H2,18,19,21,22). The van der Waals surface area contributed by atoms with Crippen LogP contribution >= 0.6 is 12.2 Å². The maximum absolute atomic E-state index is 12.1. The summed E-state index contributed by atoms with van der Waals surface area (Å²) in [4.78, 5) is 20.4. The van der Waals surface area contributed by atoms with Gasteiger partial charge in [-0.25, -0.2) is 0 Å². The summed E-state index contributed by atoms with van der Waals surface area (Å²) in [6.45, 7) is 9.66. The number of aromatic amines is 2. The van der Waals surface area contributed by atoms with Crippen LogP contribution in [0.5, 0.6) is 0 Å². The van der Waals surface area contributed by atoms with Crippen LogP contribution < -0.4 is 5.56 Å². The Bertz CT molecular complexity index is 726. The quantitative estimate of drug-likeness (QED) is 0.649. The summed E-state index contributed by atoms with van der Waals surface area (Å²) >= 11 is 5.06. The van der Waals surface area contributed by atoms with Gasteiger partial charge < -0.3 is 4.98 Å². The summed E-state index contributed by atoms with van der Waals surface area (Å²) in [5.74, 6) is 0. The summed E-state index contributed by atoms with van der Waals surface area (Å²) in [7, 11) is 0. The molecule has 0 spiro atoms. The first-order valence-corrected chi connectivity index (χ1v) is 8.53. The molecule has 0 atom stereocenters. The number of fused-ring (bicyclic) bond motifs is 1. The van der Waals surface area contributed by atoms with Gasteiger partial charge >= 0.3 is 0 Å². The van der Waals surface area contributed by atoms with Gasteiger partial charge in [0.05, 0.1) is 5.56 Å². The smallest absolute Gasteiger partial charge is 0.256 e. The molecule has 2 N–H and O–H groups in total. The topological polar surface area (TPSA) is 51.9 Å². The summed E-state index contributed by atoms with van der Waals surface area (Å²) in [6.07, 6.45) is 4.64. The lowest BCUT2D eigenvalue weighted by molar-refractivity contribution is 0.238. The molecule has 0 bridgehead atoms. The summed E-state index contributed by atoms with van der Waals surface area (Å²) < 4.78 is 0.434. The SMILES string of the molecule is CC1=C(CN2CCc3[nH]c(=S)[nH]c(=O)c3C2)C(C)(C)CCC1. The Labute approximate surface area is 136 Å². The first-order valence-electron chi connectivity index (χ1n) is 8.12. The van der Waals surface area contributed by atoms with E-state index in [2.05, 4.69) is 35.6 Å². The van der Waals surface area contributed by atoms with E-state index in [0.29, 0.717) is 11.3 Å². The molecule has 0 aromatic carbocycles. The largest absolute Gasteiger partial charge is 0.335 e. The van der Waals surface area contributed by atoms with E-state index >= 15 is 0 Å². The molecule has 5 heteroatoms. The van der Waals surface area contributed by atoms with Gasteiger partial charge in [-0.05, 0) is 43.8 Å². The molecule has 2 heterocycles. The maximum Gasteiger partial charge on any atom is 0.256 e. The van der Waals surface area contributed by atoms with Crippen molar-refractivity contribution in [3.63, 3.8) is 0 Å². The Morgan fingerprint density at radius 3 is 2.77 bits per heavy atom. The van der Waals surface area contributed by atoms with E-state index in [1.54, 1.807) is 11.1 Å². The van der Waals surface area contributed by atoms with Gasteiger partial charge in [0, 0.05) is 31.7 Å². The molecule has 0 fully saturated rings. The summed E-state index contributed by atoms with van der Waals surface area (Å²) in [5, 5.41) is 0. The third-order valence-corrected chi connectivity index (χ3v) is 5.46. The molecule has 0 radical (unpaired) electrons. The highest BCUT2D eigenvalue weighted by Crippen LogP contribution is 2.40. The van der Waals surface area contributed by atoms with Crippen molar-refractivity contribution in [1.82, 2.24) is 14.9 Å². The van der Waals surface area contributed by atoms with Gasteiger partial charge in [0.15, 0.2) is 4.77 Å². The second kappa shape index (κ2) is 5.78. The molecule has 0 unspecified atom stereocenters. The Morgan fingerprint density at radius 1 is 1.27 bits per heavy atom. The van der Waals surface area contributed by atoms with Crippen molar-refractivity contribution < 1.29 is 0 Å². The molecule has 1 aromatic heterocycles. The second-order valence-electron chi connectivity index (χ2n) is 7.32. The predicted octanol–water partition coefficient (Wildman–Crippen LogP) is 3.32. The summed E-state index contributed by atoms with van der Waals surface area (Å²) in [6, 6.07) is 0. The molecule has 1 aliphatic carbocycles. The van der Waals surface area contributed by atoms with E-state index in [1.807, 2.05) is 0 Å². The van der Waals surface area contributed by atoms with E-state index < -0.39 is 0 Å². The molecule has 4 nitrogen and oxygen atoms in total. The molecule has 0 saturated carbocycles. The van der Waals surface area contributed by atoms with Gasteiger partial charge in [-0.15, -0.1) is 0 Å². The predicted molar refractivity (Wildman–Crippen MR) is 91.6 cm³/mol. The van der Waals surface area contributed by atoms with Crippen LogP contribution in [-0.4, -0.2) is 28.0 Å². The Morgan fingerprint density at radius 2 is 2.05 bits per heavy atom. The van der Waals surface area contributed by atoms with Crippen molar-refractivity contribution >= 4 is 12.2 Å². The normalized spacial score (nSPS) is 21.8. The van der Waals surface area contributed by atoms with E-state index in [0.717, 1.165) is 30.8 Å². The number of rotatable bonds is 2. The second-order valence-corrected chi connectivity index (χ2v) is 7.73. The minimum Gasteiger partial charge on any atom is -0.335 e. The third-order valence-electron chi connectivity index (χ3n) is 5.26. The molecule has 120 valence electrons. The van der Waals surface area contributed by atoms with Crippen LogP contribution in [0, 0.1) is 10.2 Å². The van der Waals surface area contributed by atoms with Crippen LogP contribution in [0.15, 0.2) is 15.9 Å². The number of nitrogens with zero attached hydrogens (tertiary/aromatic N) is 1. The minimum atomic E-state index is -0.0305. The van der Waals surface area contributed by atoms with Crippen LogP contribution in [0.25, 0.3) is 0 Å². The average Bonchev–Trinajstić information content (AvgIpc) is 2.43. The van der Waals surface area contributed by atoms with Crippen molar-refractivity contribution in [2.75, 3.05) is 13.1 Å². The Balaban J connectivity index is 1.84. The molecule has 3 rings (SSSR count). The van der Waals surface area contributed by atoms with E-state index in [9.17, 15) is 4.79 Å². The zero-order valence-corrected chi connectivity index (χ0v) is 14.5. The molecule has 2 aliphatic rings. The fourth-order valence-electron chi connectivity index (χ4n) is 3.90. The van der Waals surface area contributed by atoms with Crippen molar-refractivity contribution in [1.29, 1.82) is 0 Å². The molecular weight excluding hydrogens is 294 g/mol. The Hall–Kier alpha value is -1.20. The highest BCUT2D eigenvalue weighted by atomic mass is 32.1. The zero-order chi connectivity index (χ0) is 15.9. The molecule has 0 saturated heterocycles. The molecule has 22 heavy (non-hydrogen) atoms. The number of H-pyrrole nitrogens is 2. The molecule has 1 aromatic rings. The van der Waals surface area contributed by atoms with Gasteiger partial charge in [0.2, 0.25) is 0 Å². The number of allylic oxidation sites excluding steroid dienone is 1. The van der Waals surface area contributed by atoms with E-state index in [-0.39, 0.29) is 11.0 Å². The van der Waals surface area contributed by atoms with Crippen molar-refractivity contribution in [3.8, 4) is 0 Å². The van der Waals surface area contributed by atoms with Gasteiger partial charge in [-0.2, -0.15) is 0 Å².